The second kappa shape index (κ2) is 17.7. The minimum Gasteiger partial charge on any atom is -0.756 e. The second-order valence-corrected chi connectivity index (χ2v) is 11.6. The number of hydrogen-bond acceptors (Lipinski definition) is 4. The Hall–Kier alpha value is -0.710. The van der Waals surface area contributed by atoms with E-state index < -0.39 is 7.82 Å². The maximum atomic E-state index is 12.2. The van der Waals surface area contributed by atoms with Crippen molar-refractivity contribution in [3.05, 3.63) is 35.9 Å². The van der Waals surface area contributed by atoms with Gasteiger partial charge in [-0.3, -0.25) is 4.57 Å². The molecule has 0 saturated heterocycles. The lowest BCUT2D eigenvalue weighted by molar-refractivity contribution is -0.902. The Morgan fingerprint density at radius 3 is 1.67 bits per heavy atom. The summed E-state index contributed by atoms with van der Waals surface area (Å²) in [5.41, 5.74) is 1.05. The molecule has 0 spiro atoms. The first-order valence-corrected chi connectivity index (χ1v) is 14.7. The lowest BCUT2D eigenvalue weighted by Crippen LogP contribution is -2.41. The largest absolute Gasteiger partial charge is 0.756 e. The molecule has 5 nitrogen and oxygen atoms in total. The smallest absolute Gasteiger partial charge is 0.268 e. The van der Waals surface area contributed by atoms with Gasteiger partial charge in [0.05, 0.1) is 27.7 Å². The van der Waals surface area contributed by atoms with E-state index in [1.807, 2.05) is 51.5 Å². The van der Waals surface area contributed by atoms with Gasteiger partial charge in [0, 0.05) is 5.56 Å². The van der Waals surface area contributed by atoms with E-state index in [0.29, 0.717) is 4.48 Å². The molecule has 0 saturated carbocycles. The van der Waals surface area contributed by atoms with Gasteiger partial charge >= 0.3 is 0 Å². The molecule has 6 heteroatoms. The number of hydrogen-bond donors (Lipinski definition) is 0. The third-order valence-corrected chi connectivity index (χ3v) is 7.22. The van der Waals surface area contributed by atoms with E-state index in [2.05, 4.69) is 6.92 Å². The average Bonchev–Trinajstić information content (AvgIpc) is 2.76. The summed E-state index contributed by atoms with van der Waals surface area (Å²) in [4.78, 5) is 12.2. The Kier molecular flexibility index (Phi) is 16.2. The summed E-state index contributed by atoms with van der Waals surface area (Å²) in [6.45, 7) is 2.55. The van der Waals surface area contributed by atoms with Gasteiger partial charge in [-0.05, 0) is 6.42 Å². The summed E-state index contributed by atoms with van der Waals surface area (Å²) < 4.78 is 23.1. The number of rotatable bonds is 21. The summed E-state index contributed by atoms with van der Waals surface area (Å²) in [6, 6.07) is 9.79. The number of likely N-dealkylation sites (N-methyl/N-ethyl adjacent to an activating group) is 1. The quantitative estimate of drug-likeness (QED) is 0.104. The molecule has 0 aliphatic rings. The summed E-state index contributed by atoms with van der Waals surface area (Å²) >= 11 is 0. The van der Waals surface area contributed by atoms with Crippen molar-refractivity contribution in [2.45, 2.75) is 103 Å². The van der Waals surface area contributed by atoms with Gasteiger partial charge in [0.2, 0.25) is 0 Å². The van der Waals surface area contributed by atoms with Crippen LogP contribution in [-0.2, 0) is 13.6 Å². The Bertz CT molecular complexity index is 633. The first-order chi connectivity index (χ1) is 15.8. The molecule has 1 rings (SSSR count). The van der Waals surface area contributed by atoms with Gasteiger partial charge in [0.25, 0.3) is 7.82 Å². The molecule has 0 aliphatic heterocycles. The van der Waals surface area contributed by atoms with Crippen LogP contribution in [0.15, 0.2) is 30.3 Å². The van der Waals surface area contributed by atoms with Crippen molar-refractivity contribution in [2.75, 3.05) is 34.4 Å². The van der Waals surface area contributed by atoms with Crippen molar-refractivity contribution in [1.82, 2.24) is 0 Å². The third-order valence-electron chi connectivity index (χ3n) is 6.26. The fourth-order valence-electron chi connectivity index (χ4n) is 4.11. The lowest BCUT2D eigenvalue weighted by Gasteiger charge is -2.35. The van der Waals surface area contributed by atoms with Gasteiger partial charge in [-0.1, -0.05) is 121 Å². The minimum absolute atomic E-state index is 0.0764. The molecule has 0 heterocycles. The van der Waals surface area contributed by atoms with Crippen LogP contribution in [0.4, 0.5) is 0 Å². The summed E-state index contributed by atoms with van der Waals surface area (Å²) in [7, 11) is 1.82. The number of quaternary nitrogens is 1. The SMILES string of the molecule is CCCCCCCCCCCCCCCCOP(=O)([O-])OC[C@H](c1ccccc1)[N+](C)(C)C. The van der Waals surface area contributed by atoms with Crippen LogP contribution in [0.5, 0.6) is 0 Å². The monoisotopic (exact) mass is 483 g/mol. The van der Waals surface area contributed by atoms with Crippen LogP contribution in [0, 0.1) is 0 Å². The first kappa shape index (κ1) is 30.3. The maximum Gasteiger partial charge on any atom is 0.268 e. The molecule has 1 unspecified atom stereocenters. The molecule has 0 aliphatic carbocycles. The normalized spacial score (nSPS) is 14.8. The Morgan fingerprint density at radius 2 is 1.21 bits per heavy atom. The molecule has 0 N–H and O–H groups in total. The van der Waals surface area contributed by atoms with Crippen LogP contribution in [0.2, 0.25) is 0 Å². The first-order valence-electron chi connectivity index (χ1n) is 13.2. The predicted octanol–water partition coefficient (Wildman–Crippen LogP) is 7.42. The Labute approximate surface area is 204 Å². The highest BCUT2D eigenvalue weighted by atomic mass is 31.2. The Morgan fingerprint density at radius 1 is 0.758 bits per heavy atom. The van der Waals surface area contributed by atoms with E-state index in [9.17, 15) is 9.46 Å². The fraction of sp³-hybridized carbons (Fsp3) is 0.778. The van der Waals surface area contributed by atoms with Crippen molar-refractivity contribution in [1.29, 1.82) is 0 Å². The topological polar surface area (TPSA) is 58.6 Å². The number of phosphoric ester groups is 1. The molecule has 0 aromatic heterocycles. The van der Waals surface area contributed by atoms with Gasteiger partial charge in [0.15, 0.2) is 0 Å². The number of nitrogens with zero attached hydrogens (tertiary/aromatic N) is 1. The molecule has 0 fully saturated rings. The minimum atomic E-state index is -4.28. The Balaban J connectivity index is 2.07. The van der Waals surface area contributed by atoms with E-state index in [4.69, 9.17) is 9.05 Å². The maximum absolute atomic E-state index is 12.2. The zero-order valence-corrected chi connectivity index (χ0v) is 22.7. The summed E-state index contributed by atoms with van der Waals surface area (Å²) in [5.74, 6) is 0. The zero-order valence-electron chi connectivity index (χ0n) is 21.8. The second-order valence-electron chi connectivity index (χ2n) is 10.2. The highest BCUT2D eigenvalue weighted by Gasteiger charge is 2.27. The van der Waals surface area contributed by atoms with Gasteiger partial charge in [-0.2, -0.15) is 0 Å². The number of phosphoric acid groups is 1. The van der Waals surface area contributed by atoms with Crippen LogP contribution in [0.25, 0.3) is 0 Å². The standard InChI is InChI=1S/C27H50NO4P/c1-5-6-7-8-9-10-11-12-13-14-15-16-17-21-24-31-33(29,30)32-25-27(28(2,3)4)26-22-19-18-20-23-26/h18-20,22-23,27H,5-17,21,24-25H2,1-4H3/t27-/m1/s1. The van der Waals surface area contributed by atoms with Gasteiger partial charge in [0.1, 0.15) is 12.6 Å². The summed E-state index contributed by atoms with van der Waals surface area (Å²) in [6.07, 6.45) is 17.8. The van der Waals surface area contributed by atoms with Crippen LogP contribution in [-0.4, -0.2) is 38.8 Å². The fourth-order valence-corrected chi connectivity index (χ4v) is 4.87. The molecule has 2 atom stereocenters. The van der Waals surface area contributed by atoms with E-state index in [0.717, 1.165) is 24.8 Å². The van der Waals surface area contributed by atoms with Gasteiger partial charge < -0.3 is 18.4 Å². The predicted molar refractivity (Wildman–Crippen MR) is 137 cm³/mol. The molecule has 0 bridgehead atoms. The molecular weight excluding hydrogens is 433 g/mol. The number of unbranched alkanes of at least 4 members (excludes halogenated alkanes) is 13. The van der Waals surface area contributed by atoms with Crippen LogP contribution >= 0.6 is 7.82 Å². The third kappa shape index (κ3) is 15.7. The van der Waals surface area contributed by atoms with Crippen molar-refractivity contribution in [3.8, 4) is 0 Å². The lowest BCUT2D eigenvalue weighted by atomic mass is 10.0. The van der Waals surface area contributed by atoms with E-state index in [-0.39, 0.29) is 19.3 Å². The highest BCUT2D eigenvalue weighted by Crippen LogP contribution is 2.40. The highest BCUT2D eigenvalue weighted by molar-refractivity contribution is 7.45. The zero-order chi connectivity index (χ0) is 24.4. The van der Waals surface area contributed by atoms with Crippen molar-refractivity contribution in [2.24, 2.45) is 0 Å². The van der Waals surface area contributed by atoms with E-state index in [1.54, 1.807) is 0 Å². The number of benzene rings is 1. The molecule has 0 amide bonds. The molecule has 0 radical (unpaired) electrons. The summed E-state index contributed by atoms with van der Waals surface area (Å²) in [5, 5.41) is 0. The molecular formula is C27H50NO4P. The van der Waals surface area contributed by atoms with Crippen molar-refractivity contribution >= 4 is 7.82 Å². The average molecular weight is 484 g/mol. The van der Waals surface area contributed by atoms with Crippen molar-refractivity contribution in [3.63, 3.8) is 0 Å². The van der Waals surface area contributed by atoms with Crippen LogP contribution in [0.1, 0.15) is 108 Å². The molecule has 192 valence electrons. The van der Waals surface area contributed by atoms with Gasteiger partial charge in [-0.25, -0.2) is 0 Å². The van der Waals surface area contributed by atoms with E-state index >= 15 is 0 Å². The molecule has 1 aromatic carbocycles. The van der Waals surface area contributed by atoms with Gasteiger partial charge in [-0.15, -0.1) is 0 Å². The molecule has 33 heavy (non-hydrogen) atoms. The van der Waals surface area contributed by atoms with E-state index in [1.165, 1.54) is 70.6 Å². The molecule has 1 aromatic rings. The van der Waals surface area contributed by atoms with Crippen molar-refractivity contribution < 1.29 is 23.0 Å². The van der Waals surface area contributed by atoms with Crippen LogP contribution in [0.3, 0.4) is 0 Å². The van der Waals surface area contributed by atoms with Crippen LogP contribution < -0.4 is 4.89 Å².